The second-order valence-corrected chi connectivity index (χ2v) is 11.6. The van der Waals surface area contributed by atoms with Gasteiger partial charge in [-0.1, -0.05) is 12.1 Å². The zero-order valence-electron chi connectivity index (χ0n) is 19.3. The van der Waals surface area contributed by atoms with E-state index < -0.39 is 15.1 Å². The standard InChI is InChI=1S/C24H27BrN2O6S/c1-4-33-19-11-15(8-10-18(19)32-2)20(34(3,30)31)13-27-12-16-7-9-17(25)22(21(16)24(27)29)26-23(28)14-5-6-14/h7-11,14,20H,4-6,12-13H2,1-3H3,(H,26,28). The number of ether oxygens (including phenoxy) is 2. The number of carbonyl (C=O) groups is 2. The van der Waals surface area contributed by atoms with Crippen molar-refractivity contribution in [3.63, 3.8) is 0 Å². The van der Waals surface area contributed by atoms with Crippen LogP contribution in [0.5, 0.6) is 11.5 Å². The van der Waals surface area contributed by atoms with Gasteiger partial charge in [0.05, 0.1) is 25.0 Å². The number of sulfone groups is 1. The monoisotopic (exact) mass is 550 g/mol. The average Bonchev–Trinajstić information content (AvgIpc) is 3.58. The molecular formula is C24H27BrN2O6S. The Morgan fingerprint density at radius 1 is 1.24 bits per heavy atom. The van der Waals surface area contributed by atoms with Crippen molar-refractivity contribution >= 4 is 43.3 Å². The minimum Gasteiger partial charge on any atom is -0.493 e. The lowest BCUT2D eigenvalue weighted by molar-refractivity contribution is -0.117. The van der Waals surface area contributed by atoms with E-state index in [-0.39, 0.29) is 30.8 Å². The number of hydrogen-bond donors (Lipinski definition) is 1. The zero-order valence-corrected chi connectivity index (χ0v) is 21.7. The first-order chi connectivity index (χ1) is 16.1. The van der Waals surface area contributed by atoms with Crippen molar-refractivity contribution in [3.05, 3.63) is 51.5 Å². The number of carbonyl (C=O) groups excluding carboxylic acids is 2. The van der Waals surface area contributed by atoms with Gasteiger partial charge in [-0.25, -0.2) is 8.42 Å². The minimum atomic E-state index is -3.58. The number of nitrogens with zero attached hydrogens (tertiary/aromatic N) is 1. The van der Waals surface area contributed by atoms with Gasteiger partial charge in [0.2, 0.25) is 5.91 Å². The summed E-state index contributed by atoms with van der Waals surface area (Å²) in [6.07, 6.45) is 2.86. The van der Waals surface area contributed by atoms with Crippen LogP contribution in [-0.2, 0) is 21.2 Å². The first kappa shape index (κ1) is 24.5. The third kappa shape index (κ3) is 4.93. The number of anilines is 1. The molecule has 1 unspecified atom stereocenters. The molecule has 8 nitrogen and oxygen atoms in total. The molecule has 4 rings (SSSR count). The molecule has 1 aliphatic heterocycles. The largest absolute Gasteiger partial charge is 0.493 e. The second kappa shape index (κ2) is 9.58. The maximum atomic E-state index is 13.4. The Hall–Kier alpha value is -2.59. The van der Waals surface area contributed by atoms with Crippen molar-refractivity contribution in [2.24, 2.45) is 5.92 Å². The van der Waals surface area contributed by atoms with Gasteiger partial charge in [0.25, 0.3) is 5.91 Å². The highest BCUT2D eigenvalue weighted by atomic mass is 79.9. The third-order valence-electron chi connectivity index (χ3n) is 6.06. The quantitative estimate of drug-likeness (QED) is 0.507. The van der Waals surface area contributed by atoms with E-state index in [1.807, 2.05) is 13.0 Å². The zero-order chi connectivity index (χ0) is 24.6. The van der Waals surface area contributed by atoms with Crippen molar-refractivity contribution in [1.29, 1.82) is 0 Å². The number of halogens is 1. The molecule has 1 heterocycles. The summed E-state index contributed by atoms with van der Waals surface area (Å²) in [5.74, 6) is 0.523. The molecule has 1 aliphatic carbocycles. The van der Waals surface area contributed by atoms with Gasteiger partial charge in [0, 0.05) is 29.7 Å². The molecule has 2 aromatic rings. The molecule has 1 atom stereocenters. The third-order valence-corrected chi connectivity index (χ3v) is 8.18. The molecule has 0 bridgehead atoms. The summed E-state index contributed by atoms with van der Waals surface area (Å²) in [6, 6.07) is 8.62. The topological polar surface area (TPSA) is 102 Å². The maximum Gasteiger partial charge on any atom is 0.256 e. The van der Waals surface area contributed by atoms with Gasteiger partial charge in [-0.3, -0.25) is 9.59 Å². The van der Waals surface area contributed by atoms with Crippen LogP contribution in [0.15, 0.2) is 34.8 Å². The first-order valence-electron chi connectivity index (χ1n) is 11.0. The van der Waals surface area contributed by atoms with E-state index in [1.54, 1.807) is 24.3 Å². The molecule has 0 radical (unpaired) electrons. The summed E-state index contributed by atoms with van der Waals surface area (Å²) in [5, 5.41) is 1.94. The van der Waals surface area contributed by atoms with Crippen molar-refractivity contribution < 1.29 is 27.5 Å². The van der Waals surface area contributed by atoms with Gasteiger partial charge in [0.1, 0.15) is 5.25 Å². The summed E-state index contributed by atoms with van der Waals surface area (Å²) < 4.78 is 37.1. The molecule has 2 amide bonds. The number of fused-ring (bicyclic) bond motifs is 1. The predicted octanol–water partition coefficient (Wildman–Crippen LogP) is 3.95. The summed E-state index contributed by atoms with van der Waals surface area (Å²) in [5.41, 5.74) is 2.11. The average molecular weight is 551 g/mol. The second-order valence-electron chi connectivity index (χ2n) is 8.57. The molecule has 1 saturated carbocycles. The van der Waals surface area contributed by atoms with E-state index >= 15 is 0 Å². The van der Waals surface area contributed by atoms with Crippen LogP contribution in [0.2, 0.25) is 0 Å². The number of benzene rings is 2. The summed E-state index contributed by atoms with van der Waals surface area (Å²) in [7, 11) is -2.06. The highest BCUT2D eigenvalue weighted by molar-refractivity contribution is 9.10. The molecule has 2 aromatic carbocycles. The fraction of sp³-hybridized carbons (Fsp3) is 0.417. The Balaban J connectivity index is 1.64. The molecule has 1 fully saturated rings. The van der Waals surface area contributed by atoms with Gasteiger partial charge in [-0.05, 0) is 65.0 Å². The summed E-state index contributed by atoms with van der Waals surface area (Å²) >= 11 is 3.44. The van der Waals surface area contributed by atoms with Gasteiger partial charge in [-0.2, -0.15) is 0 Å². The Bertz CT molecular complexity index is 1240. The minimum absolute atomic E-state index is 0.0143. The van der Waals surface area contributed by atoms with Crippen molar-refractivity contribution in [1.82, 2.24) is 4.90 Å². The van der Waals surface area contributed by atoms with E-state index in [4.69, 9.17) is 9.47 Å². The van der Waals surface area contributed by atoms with E-state index in [9.17, 15) is 18.0 Å². The lowest BCUT2D eigenvalue weighted by Crippen LogP contribution is -2.32. The van der Waals surface area contributed by atoms with Crippen LogP contribution in [0.1, 0.15) is 46.5 Å². The fourth-order valence-corrected chi connectivity index (χ4v) is 5.64. The van der Waals surface area contributed by atoms with Gasteiger partial charge < -0.3 is 19.7 Å². The van der Waals surface area contributed by atoms with Crippen molar-refractivity contribution in [3.8, 4) is 11.5 Å². The summed E-state index contributed by atoms with van der Waals surface area (Å²) in [6.45, 7) is 2.46. The predicted molar refractivity (Wildman–Crippen MR) is 132 cm³/mol. The number of hydrogen-bond acceptors (Lipinski definition) is 6. The van der Waals surface area contributed by atoms with Gasteiger partial charge in [0.15, 0.2) is 21.3 Å². The Kier molecular flexibility index (Phi) is 6.91. The van der Waals surface area contributed by atoms with Crippen molar-refractivity contribution in [2.45, 2.75) is 31.6 Å². The number of methoxy groups -OCH3 is 1. The molecule has 34 heavy (non-hydrogen) atoms. The molecule has 0 spiro atoms. The Morgan fingerprint density at radius 2 is 1.97 bits per heavy atom. The number of nitrogens with one attached hydrogen (secondary N) is 1. The summed E-state index contributed by atoms with van der Waals surface area (Å²) in [4.78, 5) is 27.3. The van der Waals surface area contributed by atoms with Gasteiger partial charge in [-0.15, -0.1) is 0 Å². The van der Waals surface area contributed by atoms with E-state index in [1.165, 1.54) is 12.0 Å². The normalized spacial score (nSPS) is 16.2. The Morgan fingerprint density at radius 3 is 2.59 bits per heavy atom. The Labute approximate surface area is 207 Å². The smallest absolute Gasteiger partial charge is 0.256 e. The highest BCUT2D eigenvalue weighted by Crippen LogP contribution is 2.39. The molecular weight excluding hydrogens is 524 g/mol. The van der Waals surface area contributed by atoms with Crippen molar-refractivity contribution in [2.75, 3.05) is 31.8 Å². The molecule has 0 saturated heterocycles. The van der Waals surface area contributed by atoms with Crippen LogP contribution < -0.4 is 14.8 Å². The van der Waals surface area contributed by atoms with E-state index in [0.717, 1.165) is 24.7 Å². The number of amides is 2. The van der Waals surface area contributed by atoms with Crippen LogP contribution in [-0.4, -0.2) is 51.6 Å². The van der Waals surface area contributed by atoms with Crippen LogP contribution in [0.25, 0.3) is 0 Å². The maximum absolute atomic E-state index is 13.4. The molecule has 10 heteroatoms. The first-order valence-corrected chi connectivity index (χ1v) is 13.8. The molecule has 0 aromatic heterocycles. The van der Waals surface area contributed by atoms with Gasteiger partial charge >= 0.3 is 0 Å². The molecule has 1 N–H and O–H groups in total. The number of rotatable bonds is 9. The van der Waals surface area contributed by atoms with Crippen LogP contribution in [0.4, 0.5) is 5.69 Å². The van der Waals surface area contributed by atoms with E-state index in [0.29, 0.717) is 39.4 Å². The van der Waals surface area contributed by atoms with Crippen LogP contribution in [0, 0.1) is 5.92 Å². The van der Waals surface area contributed by atoms with Crippen LogP contribution in [0.3, 0.4) is 0 Å². The van der Waals surface area contributed by atoms with E-state index in [2.05, 4.69) is 21.2 Å². The highest BCUT2D eigenvalue weighted by Gasteiger charge is 2.37. The lowest BCUT2D eigenvalue weighted by atomic mass is 10.1. The van der Waals surface area contributed by atoms with Crippen LogP contribution >= 0.6 is 15.9 Å². The SMILES string of the molecule is CCOc1cc(C(CN2Cc3ccc(Br)c(NC(=O)C4CC4)c3C2=O)S(C)(=O)=O)ccc1OC. The lowest BCUT2D eigenvalue weighted by Gasteiger charge is -2.24. The fourth-order valence-electron chi connectivity index (χ4n) is 4.12. The molecule has 2 aliphatic rings. The molecule has 182 valence electrons.